The van der Waals surface area contributed by atoms with Crippen molar-refractivity contribution in [3.05, 3.63) is 47.8 Å². The Bertz CT molecular complexity index is 656. The zero-order chi connectivity index (χ0) is 14.7. The first-order valence-corrected chi connectivity index (χ1v) is 5.88. The number of hydrogen-bond donors (Lipinski definition) is 1. The van der Waals surface area contributed by atoms with E-state index in [1.165, 1.54) is 26.4 Å². The Morgan fingerprint density at radius 1 is 1.10 bits per heavy atom. The fourth-order valence-corrected chi connectivity index (χ4v) is 1.89. The molecule has 0 radical (unpaired) electrons. The highest BCUT2D eigenvalue weighted by Gasteiger charge is 2.12. The molecular weight excluding hydrogens is 261 g/mol. The molecule has 0 aliphatic carbocycles. The molecule has 2 aromatic rings. The van der Waals surface area contributed by atoms with Gasteiger partial charge < -0.3 is 15.2 Å². The van der Waals surface area contributed by atoms with Crippen molar-refractivity contribution in [2.24, 2.45) is 0 Å². The summed E-state index contributed by atoms with van der Waals surface area (Å²) in [6.07, 6.45) is 0. The van der Waals surface area contributed by atoms with Crippen molar-refractivity contribution < 1.29 is 18.7 Å². The van der Waals surface area contributed by atoms with Crippen molar-refractivity contribution >= 4 is 11.7 Å². The summed E-state index contributed by atoms with van der Waals surface area (Å²) in [6, 6.07) is 9.10. The lowest BCUT2D eigenvalue weighted by Crippen LogP contribution is -2.03. The van der Waals surface area contributed by atoms with E-state index in [1.54, 1.807) is 24.3 Å². The van der Waals surface area contributed by atoms with Gasteiger partial charge in [0.25, 0.3) is 0 Å². The molecule has 0 bridgehead atoms. The van der Waals surface area contributed by atoms with Gasteiger partial charge in [-0.05, 0) is 24.3 Å². The molecule has 4 nitrogen and oxygen atoms in total. The third-order valence-electron chi connectivity index (χ3n) is 2.94. The summed E-state index contributed by atoms with van der Waals surface area (Å²) in [6.45, 7) is 0. The summed E-state index contributed by atoms with van der Waals surface area (Å²) in [5.41, 5.74) is 7.36. The molecule has 0 unspecified atom stereocenters. The van der Waals surface area contributed by atoms with Gasteiger partial charge in [-0.15, -0.1) is 0 Å². The van der Waals surface area contributed by atoms with Crippen LogP contribution >= 0.6 is 0 Å². The molecule has 0 saturated carbocycles. The molecule has 20 heavy (non-hydrogen) atoms. The molecule has 2 N–H and O–H groups in total. The average Bonchev–Trinajstić information content (AvgIpc) is 2.46. The molecule has 104 valence electrons. The zero-order valence-electron chi connectivity index (χ0n) is 11.1. The van der Waals surface area contributed by atoms with Crippen LogP contribution in [0.4, 0.5) is 10.1 Å². The Balaban J connectivity index is 2.46. The predicted molar refractivity (Wildman–Crippen MR) is 74.1 cm³/mol. The number of ether oxygens (including phenoxy) is 2. The van der Waals surface area contributed by atoms with Gasteiger partial charge in [0, 0.05) is 22.9 Å². The first-order chi connectivity index (χ1) is 9.56. The maximum Gasteiger partial charge on any atom is 0.337 e. The second-order valence-electron chi connectivity index (χ2n) is 4.14. The number of methoxy groups -OCH3 is 2. The van der Waals surface area contributed by atoms with E-state index in [0.717, 1.165) is 0 Å². The van der Waals surface area contributed by atoms with E-state index in [0.29, 0.717) is 28.1 Å². The van der Waals surface area contributed by atoms with Gasteiger partial charge in [0.15, 0.2) is 0 Å². The standard InChI is InChI=1S/C15H14FNO3/c1-19-10-4-6-11(13(16)8-10)12-5-3-9(7-14(12)17)15(18)20-2/h3-8H,17H2,1-2H3. The van der Waals surface area contributed by atoms with Gasteiger partial charge in [0.1, 0.15) is 11.6 Å². The number of esters is 1. The van der Waals surface area contributed by atoms with Gasteiger partial charge in [-0.25, -0.2) is 9.18 Å². The lowest BCUT2D eigenvalue weighted by atomic mass is 10.0. The fourth-order valence-electron chi connectivity index (χ4n) is 1.89. The van der Waals surface area contributed by atoms with E-state index in [1.807, 2.05) is 0 Å². The van der Waals surface area contributed by atoms with Crippen molar-refractivity contribution in [2.75, 3.05) is 20.0 Å². The Hall–Kier alpha value is -2.56. The van der Waals surface area contributed by atoms with Gasteiger partial charge in [-0.2, -0.15) is 0 Å². The number of nitrogen functional groups attached to an aromatic ring is 1. The van der Waals surface area contributed by atoms with E-state index in [9.17, 15) is 9.18 Å². The van der Waals surface area contributed by atoms with Gasteiger partial charge in [0.2, 0.25) is 0 Å². The van der Waals surface area contributed by atoms with E-state index < -0.39 is 11.8 Å². The molecule has 0 atom stereocenters. The summed E-state index contributed by atoms with van der Waals surface area (Å²) in [5, 5.41) is 0. The topological polar surface area (TPSA) is 61.5 Å². The normalized spacial score (nSPS) is 10.2. The van der Waals surface area contributed by atoms with Crippen LogP contribution in [0, 0.1) is 5.82 Å². The van der Waals surface area contributed by atoms with Crippen molar-refractivity contribution in [1.82, 2.24) is 0 Å². The van der Waals surface area contributed by atoms with E-state index in [2.05, 4.69) is 4.74 Å². The molecule has 0 aliphatic rings. The number of benzene rings is 2. The maximum atomic E-state index is 14.0. The number of carbonyl (C=O) groups excluding carboxylic acids is 1. The smallest absolute Gasteiger partial charge is 0.337 e. The second kappa shape index (κ2) is 5.61. The summed E-state index contributed by atoms with van der Waals surface area (Å²) < 4.78 is 23.6. The SMILES string of the molecule is COC(=O)c1ccc(-c2ccc(OC)cc2F)c(N)c1. The quantitative estimate of drug-likeness (QED) is 0.691. The fraction of sp³-hybridized carbons (Fsp3) is 0.133. The molecule has 0 aromatic heterocycles. The third kappa shape index (κ3) is 2.56. The van der Waals surface area contributed by atoms with Crippen molar-refractivity contribution in [3.8, 4) is 16.9 Å². The lowest BCUT2D eigenvalue weighted by molar-refractivity contribution is 0.0601. The minimum absolute atomic E-state index is 0.303. The first kappa shape index (κ1) is 13.9. The first-order valence-electron chi connectivity index (χ1n) is 5.88. The van der Waals surface area contributed by atoms with Crippen LogP contribution < -0.4 is 10.5 Å². The van der Waals surface area contributed by atoms with Crippen molar-refractivity contribution in [2.45, 2.75) is 0 Å². The molecule has 2 aromatic carbocycles. The zero-order valence-corrected chi connectivity index (χ0v) is 11.1. The van der Waals surface area contributed by atoms with Crippen LogP contribution in [0.15, 0.2) is 36.4 Å². The summed E-state index contributed by atoms with van der Waals surface area (Å²) in [7, 11) is 2.75. The van der Waals surface area contributed by atoms with Crippen LogP contribution in [0.1, 0.15) is 10.4 Å². The molecule has 0 spiro atoms. The van der Waals surface area contributed by atoms with Gasteiger partial charge >= 0.3 is 5.97 Å². The van der Waals surface area contributed by atoms with Crippen LogP contribution in [-0.2, 0) is 4.74 Å². The number of carbonyl (C=O) groups is 1. The number of anilines is 1. The molecular formula is C15H14FNO3. The number of halogens is 1. The molecule has 0 aliphatic heterocycles. The van der Waals surface area contributed by atoms with E-state index in [4.69, 9.17) is 10.5 Å². The summed E-state index contributed by atoms with van der Waals surface area (Å²) in [4.78, 5) is 11.4. The van der Waals surface area contributed by atoms with Gasteiger partial charge in [-0.3, -0.25) is 0 Å². The third-order valence-corrected chi connectivity index (χ3v) is 2.94. The van der Waals surface area contributed by atoms with Gasteiger partial charge in [0.05, 0.1) is 19.8 Å². The average molecular weight is 275 g/mol. The van der Waals surface area contributed by atoms with Crippen LogP contribution in [-0.4, -0.2) is 20.2 Å². The highest BCUT2D eigenvalue weighted by molar-refractivity contribution is 5.92. The predicted octanol–water partition coefficient (Wildman–Crippen LogP) is 2.87. The van der Waals surface area contributed by atoms with E-state index >= 15 is 0 Å². The molecule has 2 rings (SSSR count). The van der Waals surface area contributed by atoms with E-state index in [-0.39, 0.29) is 0 Å². The monoisotopic (exact) mass is 275 g/mol. The number of rotatable bonds is 3. The highest BCUT2D eigenvalue weighted by Crippen LogP contribution is 2.31. The molecule has 0 saturated heterocycles. The molecule has 0 fully saturated rings. The second-order valence-corrected chi connectivity index (χ2v) is 4.14. The summed E-state index contributed by atoms with van der Waals surface area (Å²) in [5.74, 6) is -0.503. The number of nitrogens with two attached hydrogens (primary N) is 1. The van der Waals surface area contributed by atoms with Gasteiger partial charge in [-0.1, -0.05) is 6.07 Å². The van der Waals surface area contributed by atoms with Crippen LogP contribution in [0.25, 0.3) is 11.1 Å². The Labute approximate surface area is 115 Å². The largest absolute Gasteiger partial charge is 0.497 e. The highest BCUT2D eigenvalue weighted by atomic mass is 19.1. The number of hydrogen-bond acceptors (Lipinski definition) is 4. The van der Waals surface area contributed by atoms with Crippen molar-refractivity contribution in [1.29, 1.82) is 0 Å². The minimum atomic E-state index is -0.488. The molecule has 0 amide bonds. The Morgan fingerprint density at radius 2 is 1.80 bits per heavy atom. The van der Waals surface area contributed by atoms with Crippen LogP contribution in [0.3, 0.4) is 0 Å². The minimum Gasteiger partial charge on any atom is -0.497 e. The molecule has 5 heteroatoms. The van der Waals surface area contributed by atoms with Crippen LogP contribution in [0.5, 0.6) is 5.75 Å². The Morgan fingerprint density at radius 3 is 2.35 bits per heavy atom. The van der Waals surface area contributed by atoms with Crippen LogP contribution in [0.2, 0.25) is 0 Å². The Kier molecular flexibility index (Phi) is 3.89. The lowest BCUT2D eigenvalue weighted by Gasteiger charge is -2.10. The summed E-state index contributed by atoms with van der Waals surface area (Å²) >= 11 is 0. The molecule has 0 heterocycles. The van der Waals surface area contributed by atoms with Crippen molar-refractivity contribution in [3.63, 3.8) is 0 Å². The maximum absolute atomic E-state index is 14.0.